The Morgan fingerprint density at radius 3 is 2.47 bits per heavy atom. The van der Waals surface area contributed by atoms with Crippen LogP contribution in [0.4, 0.5) is 24.5 Å². The fourth-order valence-corrected chi connectivity index (χ4v) is 6.14. The Morgan fingerprint density at radius 1 is 1.06 bits per heavy atom. The van der Waals surface area contributed by atoms with Gasteiger partial charge in [-0.05, 0) is 67.9 Å². The van der Waals surface area contributed by atoms with Crippen LogP contribution >= 0.6 is 0 Å². The number of aryl methyl sites for hydroxylation is 1. The van der Waals surface area contributed by atoms with Crippen molar-refractivity contribution in [2.24, 2.45) is 11.3 Å². The van der Waals surface area contributed by atoms with Crippen LogP contribution in [-0.4, -0.2) is 21.5 Å². The van der Waals surface area contributed by atoms with Gasteiger partial charge in [0.1, 0.15) is 0 Å². The molecule has 1 saturated carbocycles. The van der Waals surface area contributed by atoms with Crippen molar-refractivity contribution in [3.63, 3.8) is 0 Å². The van der Waals surface area contributed by atoms with Crippen LogP contribution in [-0.2, 0) is 16.2 Å². The normalized spacial score (nSPS) is 24.2. The van der Waals surface area contributed by atoms with E-state index in [1.807, 2.05) is 11.8 Å². The third-order valence-electron chi connectivity index (χ3n) is 7.17. The van der Waals surface area contributed by atoms with Crippen LogP contribution in [0.3, 0.4) is 0 Å². The Bertz CT molecular complexity index is 1080. The van der Waals surface area contributed by atoms with Crippen molar-refractivity contribution in [2.45, 2.75) is 57.0 Å². The number of nitrogens with one attached hydrogen (secondary N) is 1. The van der Waals surface area contributed by atoms with Crippen molar-refractivity contribution in [3.05, 3.63) is 53.6 Å². The minimum atomic E-state index is -4.56. The zero-order chi connectivity index (χ0) is 23.1. The maximum absolute atomic E-state index is 13.4. The highest BCUT2D eigenvalue weighted by molar-refractivity contribution is 7.92. The SMILES string of the molecule is Cc1ccc(S(=O)(=O)Nc2cc(C(F)(F)F)ccc2N2CCC3(C)CCCC[C@H]3C2)cc1. The summed E-state index contributed by atoms with van der Waals surface area (Å²) in [5.41, 5.74) is 0.749. The summed E-state index contributed by atoms with van der Waals surface area (Å²) < 4.78 is 68.7. The fourth-order valence-electron chi connectivity index (χ4n) is 5.07. The third-order valence-corrected chi connectivity index (χ3v) is 8.55. The predicted molar refractivity (Wildman–Crippen MR) is 120 cm³/mol. The Hall–Kier alpha value is -2.22. The molecule has 0 aromatic heterocycles. The van der Waals surface area contributed by atoms with Gasteiger partial charge < -0.3 is 4.90 Å². The molecule has 1 N–H and O–H groups in total. The van der Waals surface area contributed by atoms with Crippen molar-refractivity contribution in [2.75, 3.05) is 22.7 Å². The molecule has 174 valence electrons. The molecule has 4 rings (SSSR count). The van der Waals surface area contributed by atoms with Gasteiger partial charge in [-0.3, -0.25) is 4.72 Å². The molecule has 0 amide bonds. The first-order valence-corrected chi connectivity index (χ1v) is 12.5. The van der Waals surface area contributed by atoms with E-state index in [2.05, 4.69) is 11.6 Å². The van der Waals surface area contributed by atoms with Gasteiger partial charge in [-0.1, -0.05) is 37.5 Å². The van der Waals surface area contributed by atoms with Gasteiger partial charge >= 0.3 is 6.18 Å². The molecule has 2 aromatic carbocycles. The number of nitrogens with zero attached hydrogens (tertiary/aromatic N) is 1. The number of benzene rings is 2. The van der Waals surface area contributed by atoms with Gasteiger partial charge in [-0.15, -0.1) is 0 Å². The summed E-state index contributed by atoms with van der Waals surface area (Å²) in [5.74, 6) is 0.453. The molecule has 8 heteroatoms. The maximum Gasteiger partial charge on any atom is 0.416 e. The van der Waals surface area contributed by atoms with Crippen LogP contribution in [0.15, 0.2) is 47.4 Å². The topological polar surface area (TPSA) is 49.4 Å². The molecule has 1 aliphatic carbocycles. The number of fused-ring (bicyclic) bond motifs is 1. The van der Waals surface area contributed by atoms with E-state index in [0.717, 1.165) is 43.5 Å². The molecule has 4 nitrogen and oxygen atoms in total. The Morgan fingerprint density at radius 2 is 1.78 bits per heavy atom. The van der Waals surface area contributed by atoms with Crippen LogP contribution in [0.5, 0.6) is 0 Å². The summed E-state index contributed by atoms with van der Waals surface area (Å²) in [7, 11) is -4.03. The van der Waals surface area contributed by atoms with E-state index >= 15 is 0 Å². The van der Waals surface area contributed by atoms with E-state index in [1.54, 1.807) is 12.1 Å². The number of piperidine rings is 1. The monoisotopic (exact) mass is 466 g/mol. The maximum atomic E-state index is 13.4. The second kappa shape index (κ2) is 8.28. The molecule has 1 aliphatic heterocycles. The molecule has 1 heterocycles. The highest BCUT2D eigenvalue weighted by Crippen LogP contribution is 2.48. The van der Waals surface area contributed by atoms with Gasteiger partial charge in [0.25, 0.3) is 10.0 Å². The molecule has 2 aromatic rings. The van der Waals surface area contributed by atoms with E-state index in [-0.39, 0.29) is 16.0 Å². The number of sulfonamides is 1. The van der Waals surface area contributed by atoms with Crippen molar-refractivity contribution < 1.29 is 21.6 Å². The highest BCUT2D eigenvalue weighted by Gasteiger charge is 2.41. The molecule has 0 bridgehead atoms. The van der Waals surface area contributed by atoms with Gasteiger partial charge in [0.05, 0.1) is 21.8 Å². The smallest absolute Gasteiger partial charge is 0.370 e. The summed E-state index contributed by atoms with van der Waals surface area (Å²) >= 11 is 0. The molecule has 2 fully saturated rings. The largest absolute Gasteiger partial charge is 0.416 e. The fraction of sp³-hybridized carbons (Fsp3) is 0.500. The molecule has 0 radical (unpaired) electrons. The van der Waals surface area contributed by atoms with Crippen molar-refractivity contribution >= 4 is 21.4 Å². The number of halogens is 3. The van der Waals surface area contributed by atoms with Crippen LogP contribution < -0.4 is 9.62 Å². The number of alkyl halides is 3. The van der Waals surface area contributed by atoms with E-state index in [0.29, 0.717) is 18.2 Å². The molecular weight excluding hydrogens is 437 g/mol. The van der Waals surface area contributed by atoms with Gasteiger partial charge in [0.2, 0.25) is 0 Å². The first-order valence-electron chi connectivity index (χ1n) is 11.0. The third kappa shape index (κ3) is 4.60. The standard InChI is InChI=1S/C24H29F3N2O2S/c1-17-6-9-20(10-7-17)32(30,31)28-21-15-18(24(25,26)27)8-11-22(21)29-14-13-23(2)12-4-3-5-19(23)16-29/h6-11,15,19,28H,3-5,12-14,16H2,1-2H3/t19-,23?/m0/s1. The molecule has 0 spiro atoms. The molecule has 32 heavy (non-hydrogen) atoms. The second-order valence-corrected chi connectivity index (χ2v) is 11.1. The molecule has 1 unspecified atom stereocenters. The first kappa shape index (κ1) is 23.0. The number of rotatable bonds is 4. The van der Waals surface area contributed by atoms with E-state index in [9.17, 15) is 21.6 Å². The van der Waals surface area contributed by atoms with Gasteiger partial charge in [0, 0.05) is 13.1 Å². The lowest BCUT2D eigenvalue weighted by Gasteiger charge is -2.49. The molecule has 2 atom stereocenters. The first-order chi connectivity index (χ1) is 15.0. The van der Waals surface area contributed by atoms with E-state index < -0.39 is 21.8 Å². The molecule has 1 saturated heterocycles. The lowest BCUT2D eigenvalue weighted by molar-refractivity contribution is -0.137. The average Bonchev–Trinajstić information content (AvgIpc) is 2.72. The zero-order valence-corrected chi connectivity index (χ0v) is 19.2. The summed E-state index contributed by atoms with van der Waals surface area (Å²) in [6.45, 7) is 5.56. The van der Waals surface area contributed by atoms with Crippen LogP contribution in [0, 0.1) is 18.3 Å². The Kier molecular flexibility index (Phi) is 5.94. The van der Waals surface area contributed by atoms with Crippen LogP contribution in [0.2, 0.25) is 0 Å². The van der Waals surface area contributed by atoms with Crippen LogP contribution in [0.25, 0.3) is 0 Å². The molecule has 2 aliphatic rings. The van der Waals surface area contributed by atoms with E-state index in [1.165, 1.54) is 31.0 Å². The summed E-state index contributed by atoms with van der Waals surface area (Å²) in [5, 5.41) is 0. The predicted octanol–water partition coefficient (Wildman–Crippen LogP) is 6.22. The average molecular weight is 467 g/mol. The number of hydrogen-bond acceptors (Lipinski definition) is 3. The lowest BCUT2D eigenvalue weighted by Crippen LogP contribution is -2.47. The van der Waals surface area contributed by atoms with Gasteiger partial charge in [0.15, 0.2) is 0 Å². The van der Waals surface area contributed by atoms with Crippen molar-refractivity contribution in [1.29, 1.82) is 0 Å². The van der Waals surface area contributed by atoms with Crippen molar-refractivity contribution in [1.82, 2.24) is 0 Å². The zero-order valence-electron chi connectivity index (χ0n) is 18.4. The van der Waals surface area contributed by atoms with Crippen LogP contribution in [0.1, 0.15) is 50.2 Å². The lowest BCUT2D eigenvalue weighted by atomic mass is 9.64. The second-order valence-electron chi connectivity index (χ2n) is 9.44. The minimum Gasteiger partial charge on any atom is -0.370 e. The quantitative estimate of drug-likeness (QED) is 0.582. The van der Waals surface area contributed by atoms with Gasteiger partial charge in [-0.2, -0.15) is 13.2 Å². The number of hydrogen-bond donors (Lipinski definition) is 1. The summed E-state index contributed by atoms with van der Waals surface area (Å²) in [6.07, 6.45) is 1.03. The summed E-state index contributed by atoms with van der Waals surface area (Å²) in [6, 6.07) is 9.59. The minimum absolute atomic E-state index is 0.0185. The highest BCUT2D eigenvalue weighted by atomic mass is 32.2. The summed E-state index contributed by atoms with van der Waals surface area (Å²) in [4.78, 5) is 2.06. The Labute approximate surface area is 187 Å². The number of anilines is 2. The molecular formula is C24H29F3N2O2S. The van der Waals surface area contributed by atoms with Crippen molar-refractivity contribution in [3.8, 4) is 0 Å². The Balaban J connectivity index is 1.69. The van der Waals surface area contributed by atoms with E-state index in [4.69, 9.17) is 0 Å². The van der Waals surface area contributed by atoms with Gasteiger partial charge in [-0.25, -0.2) is 8.42 Å².